The first-order valence-corrected chi connectivity index (χ1v) is 6.92. The summed E-state index contributed by atoms with van der Waals surface area (Å²) in [6.07, 6.45) is 2.71. The zero-order valence-corrected chi connectivity index (χ0v) is 11.8. The maximum absolute atomic E-state index is 12.2. The maximum atomic E-state index is 12.2. The largest absolute Gasteiger partial charge is 0.461 e. The van der Waals surface area contributed by atoms with E-state index in [1.54, 1.807) is 12.1 Å². The molecule has 0 atom stereocenters. The van der Waals surface area contributed by atoms with Crippen LogP contribution in [0.2, 0.25) is 0 Å². The number of carbonyl (C=O) groups excluding carboxylic acids is 1. The van der Waals surface area contributed by atoms with E-state index < -0.39 is 5.56 Å². The van der Waals surface area contributed by atoms with Crippen molar-refractivity contribution in [3.63, 3.8) is 0 Å². The molecule has 0 aliphatic heterocycles. The molecule has 7 heteroatoms. The summed E-state index contributed by atoms with van der Waals surface area (Å²) >= 11 is 0. The molecular formula is C16H10N4O3. The van der Waals surface area contributed by atoms with Crippen molar-refractivity contribution in [2.24, 2.45) is 0 Å². The molecule has 4 aromatic rings. The van der Waals surface area contributed by atoms with Crippen LogP contribution in [0.4, 0.5) is 0 Å². The Labute approximate surface area is 129 Å². The lowest BCUT2D eigenvalue weighted by Crippen LogP contribution is -2.22. The molecule has 0 fully saturated rings. The summed E-state index contributed by atoms with van der Waals surface area (Å²) < 4.78 is 6.44. The van der Waals surface area contributed by atoms with Crippen LogP contribution in [0, 0.1) is 0 Å². The van der Waals surface area contributed by atoms with Crippen LogP contribution in [-0.2, 0) is 6.42 Å². The van der Waals surface area contributed by atoms with Crippen LogP contribution < -0.4 is 5.56 Å². The summed E-state index contributed by atoms with van der Waals surface area (Å²) in [4.78, 5) is 32.6. The second kappa shape index (κ2) is 5.13. The molecule has 23 heavy (non-hydrogen) atoms. The van der Waals surface area contributed by atoms with Gasteiger partial charge in [0.1, 0.15) is 12.0 Å². The smallest absolute Gasteiger partial charge is 0.295 e. The van der Waals surface area contributed by atoms with E-state index in [-0.39, 0.29) is 23.7 Å². The minimum Gasteiger partial charge on any atom is -0.461 e. The Morgan fingerprint density at radius 1 is 1.17 bits per heavy atom. The molecule has 3 heterocycles. The van der Waals surface area contributed by atoms with E-state index in [9.17, 15) is 9.59 Å². The molecule has 0 spiro atoms. The molecule has 0 bridgehead atoms. The Kier molecular flexibility index (Phi) is 2.97. The molecule has 3 aromatic heterocycles. The highest BCUT2D eigenvalue weighted by molar-refractivity contribution is 5.94. The normalized spacial score (nSPS) is 11.1. The number of hydrogen-bond donors (Lipinski definition) is 0. The molecule has 0 amide bonds. The second-order valence-electron chi connectivity index (χ2n) is 4.97. The number of aromatic nitrogens is 4. The molecule has 1 aromatic carbocycles. The molecule has 7 nitrogen and oxygen atoms in total. The van der Waals surface area contributed by atoms with Gasteiger partial charge in [-0.1, -0.05) is 12.1 Å². The van der Waals surface area contributed by atoms with E-state index in [4.69, 9.17) is 4.42 Å². The fourth-order valence-electron chi connectivity index (χ4n) is 2.38. The standard InChI is InChI=1S/C16H10N4O3/c21-13(14-6-3-7-23-14)8-12-16(22)18-15-10-4-1-2-5-11(10)17-9-20(15)19-12/h1-7,9H,8H2. The van der Waals surface area contributed by atoms with Crippen molar-refractivity contribution < 1.29 is 9.21 Å². The third-order valence-corrected chi connectivity index (χ3v) is 3.47. The number of benzene rings is 1. The van der Waals surface area contributed by atoms with Gasteiger partial charge in [0.2, 0.25) is 5.78 Å². The summed E-state index contributed by atoms with van der Waals surface area (Å²) in [5.74, 6) is -0.136. The van der Waals surface area contributed by atoms with Crippen LogP contribution in [-0.4, -0.2) is 25.4 Å². The number of Topliss-reactive ketones (excluding diaryl/α,β-unsaturated/α-hetero) is 1. The first-order valence-electron chi connectivity index (χ1n) is 6.92. The monoisotopic (exact) mass is 306 g/mol. The van der Waals surface area contributed by atoms with Crippen LogP contribution in [0.15, 0.2) is 58.2 Å². The van der Waals surface area contributed by atoms with Gasteiger partial charge in [-0.05, 0) is 24.3 Å². The van der Waals surface area contributed by atoms with E-state index in [2.05, 4.69) is 15.1 Å². The van der Waals surface area contributed by atoms with Crippen molar-refractivity contribution in [2.45, 2.75) is 6.42 Å². The Balaban J connectivity index is 1.83. The van der Waals surface area contributed by atoms with Gasteiger partial charge in [0.25, 0.3) is 5.56 Å². The Morgan fingerprint density at radius 2 is 2.04 bits per heavy atom. The Bertz CT molecular complexity index is 1080. The fraction of sp³-hybridized carbons (Fsp3) is 0.0625. The van der Waals surface area contributed by atoms with Crippen LogP contribution in [0.5, 0.6) is 0 Å². The minimum atomic E-state index is -0.527. The van der Waals surface area contributed by atoms with Crippen molar-refractivity contribution >= 4 is 22.3 Å². The molecule has 112 valence electrons. The number of para-hydroxylation sites is 1. The maximum Gasteiger partial charge on any atom is 0.295 e. The van der Waals surface area contributed by atoms with Gasteiger partial charge in [-0.3, -0.25) is 9.59 Å². The number of ketones is 1. The van der Waals surface area contributed by atoms with E-state index in [0.29, 0.717) is 5.65 Å². The number of nitrogens with zero attached hydrogens (tertiary/aromatic N) is 4. The van der Waals surface area contributed by atoms with Gasteiger partial charge in [-0.15, -0.1) is 0 Å². The zero-order valence-electron chi connectivity index (χ0n) is 11.8. The number of hydrogen-bond acceptors (Lipinski definition) is 6. The molecule has 0 N–H and O–H groups in total. The van der Waals surface area contributed by atoms with Gasteiger partial charge < -0.3 is 4.42 Å². The highest BCUT2D eigenvalue weighted by atomic mass is 16.3. The number of fused-ring (bicyclic) bond motifs is 3. The summed E-state index contributed by atoms with van der Waals surface area (Å²) in [6, 6.07) is 10.5. The first-order chi connectivity index (χ1) is 11.2. The predicted octanol–water partition coefficient (Wildman–Crippen LogP) is 1.66. The number of rotatable bonds is 3. The third-order valence-electron chi connectivity index (χ3n) is 3.47. The quantitative estimate of drug-likeness (QED) is 0.422. The summed E-state index contributed by atoms with van der Waals surface area (Å²) in [5, 5.41) is 4.92. The van der Waals surface area contributed by atoms with Gasteiger partial charge in [0, 0.05) is 5.39 Å². The predicted molar refractivity (Wildman–Crippen MR) is 81.3 cm³/mol. The van der Waals surface area contributed by atoms with Gasteiger partial charge >= 0.3 is 0 Å². The highest BCUT2D eigenvalue weighted by Crippen LogP contribution is 2.14. The lowest BCUT2D eigenvalue weighted by molar-refractivity contribution is 0.0964. The Hall–Kier alpha value is -3.35. The molecular weight excluding hydrogens is 296 g/mol. The second-order valence-corrected chi connectivity index (χ2v) is 4.97. The van der Waals surface area contributed by atoms with Crippen LogP contribution in [0.1, 0.15) is 16.2 Å². The number of carbonyl (C=O) groups is 1. The summed E-state index contributed by atoms with van der Waals surface area (Å²) in [7, 11) is 0. The summed E-state index contributed by atoms with van der Waals surface area (Å²) in [6.45, 7) is 0. The van der Waals surface area contributed by atoms with Gasteiger partial charge in [0.05, 0.1) is 18.2 Å². The van der Waals surface area contributed by atoms with E-state index >= 15 is 0 Å². The molecule has 0 saturated carbocycles. The average molecular weight is 306 g/mol. The fourth-order valence-corrected chi connectivity index (χ4v) is 2.38. The molecule has 0 aliphatic rings. The van der Waals surface area contributed by atoms with Crippen molar-refractivity contribution in [3.8, 4) is 0 Å². The highest BCUT2D eigenvalue weighted by Gasteiger charge is 2.15. The molecule has 4 rings (SSSR count). The molecule has 0 saturated heterocycles. The van der Waals surface area contributed by atoms with Crippen molar-refractivity contribution in [1.29, 1.82) is 0 Å². The van der Waals surface area contributed by atoms with Crippen LogP contribution in [0.3, 0.4) is 0 Å². The zero-order chi connectivity index (χ0) is 15.8. The first kappa shape index (κ1) is 13.3. The third kappa shape index (κ3) is 2.28. The lowest BCUT2D eigenvalue weighted by Gasteiger charge is -2.04. The topological polar surface area (TPSA) is 90.4 Å². The SMILES string of the molecule is O=C(Cc1nn2cnc3ccccc3c2nc1=O)c1ccco1. The molecule has 0 radical (unpaired) electrons. The average Bonchev–Trinajstić information content (AvgIpc) is 3.10. The molecule has 0 unspecified atom stereocenters. The van der Waals surface area contributed by atoms with Crippen molar-refractivity contribution in [2.75, 3.05) is 0 Å². The van der Waals surface area contributed by atoms with E-state index in [1.807, 2.05) is 24.3 Å². The minimum absolute atomic E-state index is 0.0565. The van der Waals surface area contributed by atoms with E-state index in [1.165, 1.54) is 17.1 Å². The van der Waals surface area contributed by atoms with Crippen LogP contribution >= 0.6 is 0 Å². The van der Waals surface area contributed by atoms with Crippen molar-refractivity contribution in [1.82, 2.24) is 19.6 Å². The van der Waals surface area contributed by atoms with Gasteiger partial charge in [-0.25, -0.2) is 9.50 Å². The van der Waals surface area contributed by atoms with Crippen LogP contribution in [0.25, 0.3) is 16.6 Å². The molecule has 0 aliphatic carbocycles. The lowest BCUT2D eigenvalue weighted by atomic mass is 10.2. The Morgan fingerprint density at radius 3 is 2.87 bits per heavy atom. The van der Waals surface area contributed by atoms with Crippen molar-refractivity contribution in [3.05, 3.63) is 70.8 Å². The summed E-state index contributed by atoms with van der Waals surface area (Å²) in [5.41, 5.74) is 0.664. The number of furan rings is 1. The van der Waals surface area contributed by atoms with Gasteiger partial charge in [0.15, 0.2) is 11.4 Å². The van der Waals surface area contributed by atoms with Gasteiger partial charge in [-0.2, -0.15) is 10.1 Å². The van der Waals surface area contributed by atoms with E-state index in [0.717, 1.165) is 10.9 Å².